The van der Waals surface area contributed by atoms with Gasteiger partial charge in [-0.25, -0.2) is 0 Å². The third-order valence-electron chi connectivity index (χ3n) is 4.40. The van der Waals surface area contributed by atoms with Crippen molar-refractivity contribution in [1.29, 1.82) is 0 Å². The van der Waals surface area contributed by atoms with E-state index < -0.39 is 0 Å². The number of carbonyl (C=O) groups is 1. The van der Waals surface area contributed by atoms with E-state index in [9.17, 15) is 4.79 Å². The van der Waals surface area contributed by atoms with Gasteiger partial charge in [0.25, 0.3) is 5.91 Å². The summed E-state index contributed by atoms with van der Waals surface area (Å²) in [5.41, 5.74) is 3.50. The summed E-state index contributed by atoms with van der Waals surface area (Å²) in [4.78, 5) is 14.4. The van der Waals surface area contributed by atoms with Gasteiger partial charge in [0, 0.05) is 18.8 Å². The van der Waals surface area contributed by atoms with Gasteiger partial charge in [-0.05, 0) is 61.4 Å². The molecule has 1 amide bonds. The fourth-order valence-corrected chi connectivity index (χ4v) is 2.88. The minimum absolute atomic E-state index is 0.256. The Morgan fingerprint density at radius 2 is 1.86 bits per heavy atom. The summed E-state index contributed by atoms with van der Waals surface area (Å²) < 4.78 is 5.13. The summed E-state index contributed by atoms with van der Waals surface area (Å²) in [7, 11) is 1.62. The average Bonchev–Trinajstić information content (AvgIpc) is 2.73. The maximum atomic E-state index is 12.4. The predicted octanol–water partition coefficient (Wildman–Crippen LogP) is 3.88. The molecule has 3 aromatic rings. The molecule has 0 spiro atoms. The van der Waals surface area contributed by atoms with E-state index in [0.717, 1.165) is 23.5 Å². The molecule has 2 aromatic carbocycles. The van der Waals surface area contributed by atoms with Crippen molar-refractivity contribution >= 4 is 17.4 Å². The van der Waals surface area contributed by atoms with Gasteiger partial charge in [0.1, 0.15) is 5.75 Å². The van der Waals surface area contributed by atoms with E-state index in [4.69, 9.17) is 4.74 Å². The lowest BCUT2D eigenvalue weighted by Crippen LogP contribution is -2.25. The fourth-order valence-electron chi connectivity index (χ4n) is 2.88. The van der Waals surface area contributed by atoms with Crippen molar-refractivity contribution in [3.63, 3.8) is 0 Å². The van der Waals surface area contributed by atoms with Crippen LogP contribution in [0.25, 0.3) is 0 Å². The van der Waals surface area contributed by atoms with Crippen molar-refractivity contribution in [2.24, 2.45) is 0 Å². The molecule has 28 heavy (non-hydrogen) atoms. The summed E-state index contributed by atoms with van der Waals surface area (Å²) >= 11 is 0. The van der Waals surface area contributed by atoms with Crippen LogP contribution in [0.1, 0.15) is 28.5 Å². The first-order valence-corrected chi connectivity index (χ1v) is 9.19. The normalized spacial score (nSPS) is 10.4. The van der Waals surface area contributed by atoms with Crippen LogP contribution in [0, 0.1) is 6.92 Å². The van der Waals surface area contributed by atoms with Crippen molar-refractivity contribution in [3.8, 4) is 5.75 Å². The molecular weight excluding hydrogens is 352 g/mol. The van der Waals surface area contributed by atoms with Gasteiger partial charge >= 0.3 is 0 Å². The first kappa shape index (κ1) is 19.4. The van der Waals surface area contributed by atoms with Gasteiger partial charge in [-0.2, -0.15) is 0 Å². The predicted molar refractivity (Wildman–Crippen MR) is 110 cm³/mol. The Hall–Kier alpha value is -3.41. The highest BCUT2D eigenvalue weighted by atomic mass is 16.5. The minimum Gasteiger partial charge on any atom is -0.497 e. The van der Waals surface area contributed by atoms with Crippen LogP contribution in [0.3, 0.4) is 0 Å². The van der Waals surface area contributed by atoms with Gasteiger partial charge in [-0.3, -0.25) is 4.79 Å². The molecule has 6 nitrogen and oxygen atoms in total. The third-order valence-corrected chi connectivity index (χ3v) is 4.40. The fraction of sp³-hybridized carbons (Fsp3) is 0.227. The van der Waals surface area contributed by atoms with E-state index >= 15 is 0 Å². The van der Waals surface area contributed by atoms with Gasteiger partial charge in [0.05, 0.1) is 7.11 Å². The quantitative estimate of drug-likeness (QED) is 0.678. The van der Waals surface area contributed by atoms with Gasteiger partial charge in [-0.1, -0.05) is 24.3 Å². The number of benzene rings is 2. The molecule has 0 aliphatic rings. The van der Waals surface area contributed by atoms with Crippen molar-refractivity contribution in [1.82, 2.24) is 15.5 Å². The van der Waals surface area contributed by atoms with Crippen LogP contribution in [0.15, 0.2) is 60.7 Å². The summed E-state index contributed by atoms with van der Waals surface area (Å²) in [5.74, 6) is 1.24. The SMILES string of the molecule is CCN(c1cccc(C)c1)c1ccc(C(=O)NCc2ccc(OC)cc2)nn1. The molecule has 0 saturated heterocycles. The molecule has 0 aliphatic carbocycles. The number of hydrogen-bond acceptors (Lipinski definition) is 5. The number of nitrogens with zero attached hydrogens (tertiary/aromatic N) is 3. The molecule has 0 unspecified atom stereocenters. The highest BCUT2D eigenvalue weighted by Gasteiger charge is 2.12. The molecule has 0 saturated carbocycles. The van der Waals surface area contributed by atoms with E-state index in [1.807, 2.05) is 42.5 Å². The zero-order chi connectivity index (χ0) is 19.9. The van der Waals surface area contributed by atoms with E-state index in [1.165, 1.54) is 5.56 Å². The van der Waals surface area contributed by atoms with Gasteiger partial charge in [-0.15, -0.1) is 10.2 Å². The second-order valence-corrected chi connectivity index (χ2v) is 6.39. The summed E-state index contributed by atoms with van der Waals surface area (Å²) in [6.07, 6.45) is 0. The van der Waals surface area contributed by atoms with Crippen molar-refractivity contribution in [2.45, 2.75) is 20.4 Å². The average molecular weight is 376 g/mol. The number of nitrogens with one attached hydrogen (secondary N) is 1. The van der Waals surface area contributed by atoms with Gasteiger partial charge < -0.3 is 15.0 Å². The van der Waals surface area contributed by atoms with Crippen molar-refractivity contribution < 1.29 is 9.53 Å². The molecule has 0 atom stereocenters. The van der Waals surface area contributed by atoms with Crippen LogP contribution in [0.4, 0.5) is 11.5 Å². The standard InChI is InChI=1S/C22H24N4O2/c1-4-26(18-7-5-6-16(2)14-18)21-13-12-20(24-25-21)22(27)23-15-17-8-10-19(28-3)11-9-17/h5-14H,4,15H2,1-3H3,(H,23,27). The van der Waals surface area contributed by atoms with Crippen LogP contribution in [-0.2, 0) is 6.54 Å². The lowest BCUT2D eigenvalue weighted by Gasteiger charge is -2.22. The monoisotopic (exact) mass is 376 g/mol. The Morgan fingerprint density at radius 3 is 2.46 bits per heavy atom. The third kappa shape index (κ3) is 4.65. The topological polar surface area (TPSA) is 67.4 Å². The molecule has 1 heterocycles. The van der Waals surface area contributed by atoms with Crippen molar-refractivity contribution in [3.05, 3.63) is 77.5 Å². The Labute approximate surface area is 165 Å². The van der Waals surface area contributed by atoms with Crippen molar-refractivity contribution in [2.75, 3.05) is 18.6 Å². The first-order valence-electron chi connectivity index (χ1n) is 9.19. The number of carbonyl (C=O) groups excluding carboxylic acids is 1. The number of aromatic nitrogens is 2. The summed E-state index contributed by atoms with van der Waals surface area (Å²) in [5, 5.41) is 11.2. The molecule has 0 bridgehead atoms. The lowest BCUT2D eigenvalue weighted by atomic mass is 10.2. The second-order valence-electron chi connectivity index (χ2n) is 6.39. The van der Waals surface area contributed by atoms with Crippen LogP contribution in [0.2, 0.25) is 0 Å². The number of ether oxygens (including phenoxy) is 1. The zero-order valence-corrected chi connectivity index (χ0v) is 16.3. The van der Waals surface area contributed by atoms with Crippen LogP contribution >= 0.6 is 0 Å². The molecule has 0 radical (unpaired) electrons. The Bertz CT molecular complexity index is 924. The number of anilines is 2. The van der Waals surface area contributed by atoms with Crippen LogP contribution in [-0.4, -0.2) is 29.8 Å². The summed E-state index contributed by atoms with van der Waals surface area (Å²) in [6, 6.07) is 19.3. The Morgan fingerprint density at radius 1 is 1.07 bits per heavy atom. The maximum Gasteiger partial charge on any atom is 0.272 e. The molecule has 144 valence electrons. The molecule has 0 fully saturated rings. The highest BCUT2D eigenvalue weighted by molar-refractivity contribution is 5.92. The zero-order valence-electron chi connectivity index (χ0n) is 16.3. The summed E-state index contributed by atoms with van der Waals surface area (Å²) in [6.45, 7) is 5.27. The molecule has 3 rings (SSSR count). The van der Waals surface area contributed by atoms with E-state index in [-0.39, 0.29) is 11.6 Å². The Balaban J connectivity index is 1.66. The highest BCUT2D eigenvalue weighted by Crippen LogP contribution is 2.23. The smallest absolute Gasteiger partial charge is 0.272 e. The van der Waals surface area contributed by atoms with Crippen LogP contribution < -0.4 is 15.0 Å². The number of methoxy groups -OCH3 is 1. The largest absolute Gasteiger partial charge is 0.497 e. The number of rotatable bonds is 7. The van der Waals surface area contributed by atoms with E-state index in [1.54, 1.807) is 13.2 Å². The molecular formula is C22H24N4O2. The maximum absolute atomic E-state index is 12.4. The molecule has 1 aromatic heterocycles. The number of aryl methyl sites for hydroxylation is 1. The van der Waals surface area contributed by atoms with Gasteiger partial charge in [0.15, 0.2) is 11.5 Å². The molecule has 1 N–H and O–H groups in total. The minimum atomic E-state index is -0.256. The van der Waals surface area contributed by atoms with E-state index in [2.05, 4.69) is 46.4 Å². The number of hydrogen-bond donors (Lipinski definition) is 1. The first-order chi connectivity index (χ1) is 13.6. The molecule has 0 aliphatic heterocycles. The second kappa shape index (κ2) is 8.99. The molecule has 6 heteroatoms. The number of amides is 1. The Kier molecular flexibility index (Phi) is 6.22. The lowest BCUT2D eigenvalue weighted by molar-refractivity contribution is 0.0945. The van der Waals surface area contributed by atoms with Crippen LogP contribution in [0.5, 0.6) is 5.75 Å². The van der Waals surface area contributed by atoms with Gasteiger partial charge in [0.2, 0.25) is 0 Å². The van der Waals surface area contributed by atoms with E-state index in [0.29, 0.717) is 12.4 Å².